The summed E-state index contributed by atoms with van der Waals surface area (Å²) in [4.78, 5) is 15.2. The van der Waals surface area contributed by atoms with Gasteiger partial charge in [-0.05, 0) is 37.4 Å². The molecule has 1 aromatic rings. The number of hydroxylamine groups is 2. The van der Waals surface area contributed by atoms with Gasteiger partial charge in [0.2, 0.25) is 16.4 Å². The van der Waals surface area contributed by atoms with Crippen LogP contribution in [-0.2, 0) is 14.8 Å². The standard InChI is InChI=1S/C19H32N4O5S/c1-4-20(5-2)14-18(23(25)16-24)15-29(26,27)22-12-10-21(11-13-22)17-6-8-19(28-3)9-7-17/h6-9,16,18,25H,4-5,10-15H2,1-3H3. The molecule has 0 saturated carbocycles. The molecule has 29 heavy (non-hydrogen) atoms. The Kier molecular flexibility index (Phi) is 8.69. The summed E-state index contributed by atoms with van der Waals surface area (Å²) < 4.78 is 32.5. The van der Waals surface area contributed by atoms with Crippen LogP contribution in [-0.4, -0.2) is 99.0 Å². The summed E-state index contributed by atoms with van der Waals surface area (Å²) >= 11 is 0. The van der Waals surface area contributed by atoms with Gasteiger partial charge in [-0.25, -0.2) is 13.5 Å². The van der Waals surface area contributed by atoms with Crippen LogP contribution >= 0.6 is 0 Å². The van der Waals surface area contributed by atoms with Crippen LogP contribution in [0.15, 0.2) is 24.3 Å². The number of ether oxygens (including phenoxy) is 1. The SMILES string of the molecule is CCN(CC)CC(CS(=O)(=O)N1CCN(c2ccc(OC)cc2)CC1)N(O)C=O. The summed E-state index contributed by atoms with van der Waals surface area (Å²) in [6, 6.07) is 6.86. The van der Waals surface area contributed by atoms with Crippen molar-refractivity contribution in [1.29, 1.82) is 0 Å². The van der Waals surface area contributed by atoms with E-state index in [1.165, 1.54) is 4.31 Å². The van der Waals surface area contributed by atoms with Crippen LogP contribution in [0.25, 0.3) is 0 Å². The molecule has 0 bridgehead atoms. The maximum absolute atomic E-state index is 12.9. The first kappa shape index (κ1) is 23.4. The smallest absolute Gasteiger partial charge is 0.233 e. The highest BCUT2D eigenvalue weighted by Gasteiger charge is 2.32. The lowest BCUT2D eigenvalue weighted by Gasteiger charge is -2.36. The first-order chi connectivity index (χ1) is 13.8. The lowest BCUT2D eigenvalue weighted by atomic mass is 10.2. The van der Waals surface area contributed by atoms with Crippen molar-refractivity contribution in [3.05, 3.63) is 24.3 Å². The third-order valence-electron chi connectivity index (χ3n) is 5.32. The molecule has 0 radical (unpaired) electrons. The third kappa shape index (κ3) is 6.30. The minimum Gasteiger partial charge on any atom is -0.497 e. The highest BCUT2D eigenvalue weighted by atomic mass is 32.2. The number of rotatable bonds is 11. The van der Waals surface area contributed by atoms with Crippen molar-refractivity contribution < 1.29 is 23.2 Å². The zero-order chi connectivity index (χ0) is 21.4. The molecule has 1 unspecified atom stereocenters. The Labute approximate surface area is 173 Å². The Morgan fingerprint density at radius 2 is 1.72 bits per heavy atom. The van der Waals surface area contributed by atoms with E-state index in [4.69, 9.17) is 4.74 Å². The van der Waals surface area contributed by atoms with E-state index in [2.05, 4.69) is 4.90 Å². The summed E-state index contributed by atoms with van der Waals surface area (Å²) in [5, 5.41) is 10.4. The number of amides is 1. The number of hydrogen-bond donors (Lipinski definition) is 1. The van der Waals surface area contributed by atoms with Gasteiger partial charge in [-0.15, -0.1) is 0 Å². The largest absolute Gasteiger partial charge is 0.497 e. The fourth-order valence-corrected chi connectivity index (χ4v) is 5.12. The van der Waals surface area contributed by atoms with Gasteiger partial charge in [0, 0.05) is 38.4 Å². The summed E-state index contributed by atoms with van der Waals surface area (Å²) in [7, 11) is -2.00. The molecule has 1 aliphatic heterocycles. The highest BCUT2D eigenvalue weighted by Crippen LogP contribution is 2.21. The number of anilines is 1. The van der Waals surface area contributed by atoms with Gasteiger partial charge in [0.1, 0.15) is 5.75 Å². The maximum atomic E-state index is 12.9. The fourth-order valence-electron chi connectivity index (χ4n) is 3.44. The van der Waals surface area contributed by atoms with Crippen LogP contribution in [0.5, 0.6) is 5.75 Å². The molecule has 1 aromatic carbocycles. The number of hydrogen-bond acceptors (Lipinski definition) is 7. The molecule has 1 N–H and O–H groups in total. The second-order valence-electron chi connectivity index (χ2n) is 6.99. The summed E-state index contributed by atoms with van der Waals surface area (Å²) in [5.41, 5.74) is 1.02. The fraction of sp³-hybridized carbons (Fsp3) is 0.632. The van der Waals surface area contributed by atoms with Gasteiger partial charge in [0.05, 0.1) is 18.9 Å². The van der Waals surface area contributed by atoms with Crippen LogP contribution < -0.4 is 9.64 Å². The summed E-state index contributed by atoms with van der Waals surface area (Å²) in [6.07, 6.45) is 0.269. The van der Waals surface area contributed by atoms with E-state index >= 15 is 0 Å². The molecule has 1 aliphatic rings. The molecule has 1 fully saturated rings. The van der Waals surface area contributed by atoms with Gasteiger partial charge in [-0.1, -0.05) is 13.8 Å². The zero-order valence-electron chi connectivity index (χ0n) is 17.4. The number of piperazine rings is 1. The number of likely N-dealkylation sites (N-methyl/N-ethyl adjacent to an activating group) is 1. The van der Waals surface area contributed by atoms with E-state index in [0.29, 0.717) is 50.9 Å². The molecule has 2 rings (SSSR count). The lowest BCUT2D eigenvalue weighted by molar-refractivity contribution is -0.159. The van der Waals surface area contributed by atoms with Gasteiger partial charge < -0.3 is 14.5 Å². The van der Waals surface area contributed by atoms with Crippen molar-refractivity contribution >= 4 is 22.1 Å². The van der Waals surface area contributed by atoms with E-state index in [1.807, 2.05) is 43.0 Å². The van der Waals surface area contributed by atoms with Crippen LogP contribution in [0.3, 0.4) is 0 Å². The molecule has 0 aliphatic carbocycles. The minimum absolute atomic E-state index is 0.269. The van der Waals surface area contributed by atoms with Crippen molar-refractivity contribution in [1.82, 2.24) is 14.3 Å². The monoisotopic (exact) mass is 428 g/mol. The van der Waals surface area contributed by atoms with E-state index in [9.17, 15) is 18.4 Å². The van der Waals surface area contributed by atoms with Crippen molar-refractivity contribution in [3.8, 4) is 5.75 Å². The van der Waals surface area contributed by atoms with Gasteiger partial charge in [-0.2, -0.15) is 4.31 Å². The molecule has 1 saturated heterocycles. The van der Waals surface area contributed by atoms with Crippen molar-refractivity contribution in [2.75, 3.05) is 63.6 Å². The molecule has 164 valence electrons. The van der Waals surface area contributed by atoms with Gasteiger partial charge in [0.15, 0.2) is 0 Å². The zero-order valence-corrected chi connectivity index (χ0v) is 18.2. The number of benzene rings is 1. The van der Waals surface area contributed by atoms with Crippen LogP contribution in [0.1, 0.15) is 13.8 Å². The Morgan fingerprint density at radius 1 is 1.14 bits per heavy atom. The van der Waals surface area contributed by atoms with Crippen molar-refractivity contribution in [2.24, 2.45) is 0 Å². The highest BCUT2D eigenvalue weighted by molar-refractivity contribution is 7.89. The topological polar surface area (TPSA) is 93.6 Å². The Balaban J connectivity index is 2.00. The van der Waals surface area contributed by atoms with E-state index < -0.39 is 16.1 Å². The average molecular weight is 429 g/mol. The number of carbonyl (C=O) groups is 1. The molecule has 1 amide bonds. The van der Waals surface area contributed by atoms with Crippen LogP contribution in [0, 0.1) is 0 Å². The molecule has 9 nitrogen and oxygen atoms in total. The second-order valence-corrected chi connectivity index (χ2v) is 9.00. The van der Waals surface area contributed by atoms with Crippen LogP contribution in [0.4, 0.5) is 5.69 Å². The third-order valence-corrected chi connectivity index (χ3v) is 7.28. The Hall–Kier alpha value is -1.88. The molecule has 10 heteroatoms. The predicted molar refractivity (Wildman–Crippen MR) is 112 cm³/mol. The van der Waals surface area contributed by atoms with Gasteiger partial charge >= 0.3 is 0 Å². The number of methoxy groups -OCH3 is 1. The first-order valence-corrected chi connectivity index (χ1v) is 11.5. The van der Waals surface area contributed by atoms with E-state index in [0.717, 1.165) is 11.4 Å². The maximum Gasteiger partial charge on any atom is 0.233 e. The van der Waals surface area contributed by atoms with E-state index in [-0.39, 0.29) is 12.2 Å². The minimum atomic E-state index is -3.62. The number of sulfonamides is 1. The van der Waals surface area contributed by atoms with Gasteiger partial charge in [0.25, 0.3) is 0 Å². The Morgan fingerprint density at radius 3 is 2.21 bits per heavy atom. The molecule has 1 atom stereocenters. The molecular weight excluding hydrogens is 396 g/mol. The molecule has 0 spiro atoms. The Bertz CT molecular complexity index is 731. The van der Waals surface area contributed by atoms with Crippen molar-refractivity contribution in [3.63, 3.8) is 0 Å². The summed E-state index contributed by atoms with van der Waals surface area (Å²) in [5.74, 6) is 0.472. The molecule has 1 heterocycles. The lowest BCUT2D eigenvalue weighted by Crippen LogP contribution is -2.53. The normalized spacial score (nSPS) is 16.7. The first-order valence-electron chi connectivity index (χ1n) is 9.86. The van der Waals surface area contributed by atoms with Crippen LogP contribution in [0.2, 0.25) is 0 Å². The van der Waals surface area contributed by atoms with E-state index in [1.54, 1.807) is 7.11 Å². The average Bonchev–Trinajstić information content (AvgIpc) is 2.76. The van der Waals surface area contributed by atoms with Gasteiger partial charge in [-0.3, -0.25) is 10.0 Å². The molecular formula is C19H32N4O5S. The number of carbonyl (C=O) groups excluding carboxylic acids is 1. The predicted octanol–water partition coefficient (Wildman–Crippen LogP) is 0.705. The number of nitrogens with zero attached hydrogens (tertiary/aromatic N) is 4. The molecule has 0 aromatic heterocycles. The quantitative estimate of drug-likeness (QED) is 0.315. The van der Waals surface area contributed by atoms with Crippen molar-refractivity contribution in [2.45, 2.75) is 19.9 Å². The summed E-state index contributed by atoms with van der Waals surface area (Å²) in [6.45, 7) is 7.49. The second kappa shape index (κ2) is 10.8.